The van der Waals surface area contributed by atoms with Crippen LogP contribution in [0.25, 0.3) is 0 Å². The molecule has 0 saturated heterocycles. The Kier molecular flexibility index (Phi) is 7.21. The number of thiocarbonyl (C=S) groups is 1. The fourth-order valence-electron chi connectivity index (χ4n) is 1.94. The van der Waals surface area contributed by atoms with E-state index in [1.165, 1.54) is 10.5 Å². The number of halogens is 1. The second kappa shape index (κ2) is 9.16. The van der Waals surface area contributed by atoms with Crippen molar-refractivity contribution in [1.29, 1.82) is 0 Å². The van der Waals surface area contributed by atoms with E-state index in [0.29, 0.717) is 5.11 Å². The van der Waals surface area contributed by atoms with Gasteiger partial charge in [-0.25, -0.2) is 0 Å². The van der Waals surface area contributed by atoms with Crippen LogP contribution >= 0.6 is 35.6 Å². The average Bonchev–Trinajstić information content (AvgIpc) is 2.52. The van der Waals surface area contributed by atoms with Gasteiger partial charge in [0.1, 0.15) is 0 Å². The molecule has 0 unspecified atom stereocenters. The third kappa shape index (κ3) is 6.42. The van der Waals surface area contributed by atoms with Gasteiger partial charge in [-0.15, -0.1) is 11.8 Å². The molecule has 0 saturated carbocycles. The quantitative estimate of drug-likeness (QED) is 0.405. The zero-order chi connectivity index (χ0) is 16.7. The van der Waals surface area contributed by atoms with Gasteiger partial charge in [0, 0.05) is 22.2 Å². The van der Waals surface area contributed by atoms with E-state index in [0.717, 1.165) is 35.0 Å². The summed E-state index contributed by atoms with van der Waals surface area (Å²) in [6.07, 6.45) is 1.05. The van der Waals surface area contributed by atoms with Crippen molar-refractivity contribution in [2.75, 3.05) is 17.6 Å². The smallest absolute Gasteiger partial charge is 0.170 e. The summed E-state index contributed by atoms with van der Waals surface area (Å²) in [4.78, 5) is 1.31. The first kappa shape index (κ1) is 18.1. The van der Waals surface area contributed by atoms with Gasteiger partial charge in [-0.05, 0) is 68.1 Å². The molecule has 2 N–H and O–H groups in total. The molecule has 0 radical (unpaired) electrons. The first-order valence-corrected chi connectivity index (χ1v) is 9.32. The van der Waals surface area contributed by atoms with Gasteiger partial charge in [0.05, 0.1) is 0 Å². The number of hydrogen-bond donors (Lipinski definition) is 2. The highest BCUT2D eigenvalue weighted by atomic mass is 35.5. The van der Waals surface area contributed by atoms with Gasteiger partial charge in [0.15, 0.2) is 5.11 Å². The topological polar surface area (TPSA) is 24.1 Å². The largest absolute Gasteiger partial charge is 0.362 e. The SMILES string of the molecule is Cc1ccc(SCCCNC(=S)Nc2ccc(C)c(Cl)c2)cc1. The molecule has 0 aliphatic carbocycles. The minimum atomic E-state index is 0.630. The van der Waals surface area contributed by atoms with Crippen molar-refractivity contribution < 1.29 is 0 Å². The lowest BCUT2D eigenvalue weighted by atomic mass is 10.2. The molecule has 122 valence electrons. The summed E-state index contributed by atoms with van der Waals surface area (Å²) in [5.74, 6) is 1.06. The fraction of sp³-hybridized carbons (Fsp3) is 0.278. The molecule has 5 heteroatoms. The van der Waals surface area contributed by atoms with Crippen LogP contribution in [0.3, 0.4) is 0 Å². The minimum absolute atomic E-state index is 0.630. The van der Waals surface area contributed by atoms with Crippen molar-refractivity contribution in [2.45, 2.75) is 25.2 Å². The maximum Gasteiger partial charge on any atom is 0.170 e. The summed E-state index contributed by atoms with van der Waals surface area (Å²) < 4.78 is 0. The molecule has 2 aromatic carbocycles. The summed E-state index contributed by atoms with van der Waals surface area (Å²) in [6, 6.07) is 14.5. The van der Waals surface area contributed by atoms with Crippen LogP contribution in [0.1, 0.15) is 17.5 Å². The van der Waals surface area contributed by atoms with E-state index in [1.807, 2.05) is 36.9 Å². The predicted octanol–water partition coefficient (Wildman–Crippen LogP) is 5.43. The first-order valence-electron chi connectivity index (χ1n) is 7.55. The van der Waals surface area contributed by atoms with Crippen molar-refractivity contribution >= 4 is 46.4 Å². The Bertz CT molecular complexity index is 657. The van der Waals surface area contributed by atoms with E-state index in [-0.39, 0.29) is 0 Å². The normalized spacial score (nSPS) is 10.4. The van der Waals surface area contributed by atoms with E-state index >= 15 is 0 Å². The second-order valence-electron chi connectivity index (χ2n) is 5.36. The number of anilines is 1. The maximum atomic E-state index is 6.10. The Morgan fingerprint density at radius 2 is 1.87 bits per heavy atom. The summed E-state index contributed by atoms with van der Waals surface area (Å²) in [5, 5.41) is 7.75. The van der Waals surface area contributed by atoms with Gasteiger partial charge >= 0.3 is 0 Å². The van der Waals surface area contributed by atoms with Gasteiger partial charge in [0.2, 0.25) is 0 Å². The van der Waals surface area contributed by atoms with Crippen LogP contribution in [-0.4, -0.2) is 17.4 Å². The predicted molar refractivity (Wildman–Crippen MR) is 107 cm³/mol. The highest BCUT2D eigenvalue weighted by Gasteiger charge is 2.00. The van der Waals surface area contributed by atoms with Crippen LogP contribution in [0.2, 0.25) is 5.02 Å². The van der Waals surface area contributed by atoms with Crippen molar-refractivity contribution in [2.24, 2.45) is 0 Å². The Labute approximate surface area is 153 Å². The molecule has 2 nitrogen and oxygen atoms in total. The molecule has 2 rings (SSSR count). The summed E-state index contributed by atoms with van der Waals surface area (Å²) >= 11 is 13.3. The molecular weight excluding hydrogens is 344 g/mol. The van der Waals surface area contributed by atoms with Gasteiger partial charge in [-0.2, -0.15) is 0 Å². The van der Waals surface area contributed by atoms with Crippen molar-refractivity contribution in [1.82, 2.24) is 5.32 Å². The molecule has 0 spiro atoms. The van der Waals surface area contributed by atoms with Crippen LogP contribution in [-0.2, 0) is 0 Å². The highest BCUT2D eigenvalue weighted by Crippen LogP contribution is 2.20. The van der Waals surface area contributed by atoms with Crippen LogP contribution in [0.15, 0.2) is 47.4 Å². The van der Waals surface area contributed by atoms with Gasteiger partial charge < -0.3 is 10.6 Å². The maximum absolute atomic E-state index is 6.10. The van der Waals surface area contributed by atoms with Gasteiger partial charge in [-0.1, -0.05) is 35.4 Å². The van der Waals surface area contributed by atoms with Crippen LogP contribution in [0.5, 0.6) is 0 Å². The van der Waals surface area contributed by atoms with Crippen molar-refractivity contribution in [3.05, 3.63) is 58.6 Å². The number of aryl methyl sites for hydroxylation is 2. The summed E-state index contributed by atoms with van der Waals surface area (Å²) in [7, 11) is 0. The van der Waals surface area contributed by atoms with Crippen molar-refractivity contribution in [3.63, 3.8) is 0 Å². The zero-order valence-electron chi connectivity index (χ0n) is 13.4. The Hall–Kier alpha value is -1.23. The van der Waals surface area contributed by atoms with Gasteiger partial charge in [-0.3, -0.25) is 0 Å². The molecule has 0 atom stereocenters. The Balaban J connectivity index is 1.64. The summed E-state index contributed by atoms with van der Waals surface area (Å²) in [5.41, 5.74) is 3.26. The lowest BCUT2D eigenvalue weighted by Gasteiger charge is -2.11. The lowest BCUT2D eigenvalue weighted by molar-refractivity contribution is 0.854. The van der Waals surface area contributed by atoms with Crippen LogP contribution in [0, 0.1) is 13.8 Å². The molecule has 0 aliphatic rings. The molecule has 0 heterocycles. The number of rotatable bonds is 6. The molecular formula is C18H21ClN2S2. The zero-order valence-corrected chi connectivity index (χ0v) is 15.7. The molecule has 0 aromatic heterocycles. The van der Waals surface area contributed by atoms with Crippen LogP contribution < -0.4 is 10.6 Å². The average molecular weight is 365 g/mol. The number of hydrogen-bond acceptors (Lipinski definition) is 2. The molecule has 0 fully saturated rings. The number of nitrogens with one attached hydrogen (secondary N) is 2. The summed E-state index contributed by atoms with van der Waals surface area (Å²) in [6.45, 7) is 4.94. The molecule has 0 amide bonds. The van der Waals surface area contributed by atoms with E-state index < -0.39 is 0 Å². The molecule has 23 heavy (non-hydrogen) atoms. The highest BCUT2D eigenvalue weighted by molar-refractivity contribution is 7.99. The standard InChI is InChI=1S/C18H21ClN2S2/c1-13-4-8-16(9-5-13)23-11-3-10-20-18(22)21-15-7-6-14(2)17(19)12-15/h4-9,12H,3,10-11H2,1-2H3,(H2,20,21,22). The van der Waals surface area contributed by atoms with E-state index in [1.54, 1.807) is 0 Å². The Morgan fingerprint density at radius 1 is 1.13 bits per heavy atom. The Morgan fingerprint density at radius 3 is 2.57 bits per heavy atom. The second-order valence-corrected chi connectivity index (χ2v) is 7.34. The molecule has 0 aliphatic heterocycles. The van der Waals surface area contributed by atoms with E-state index in [2.05, 4.69) is 41.8 Å². The van der Waals surface area contributed by atoms with E-state index in [4.69, 9.17) is 23.8 Å². The lowest BCUT2D eigenvalue weighted by Crippen LogP contribution is -2.29. The van der Waals surface area contributed by atoms with Crippen molar-refractivity contribution in [3.8, 4) is 0 Å². The number of benzene rings is 2. The van der Waals surface area contributed by atoms with Gasteiger partial charge in [0.25, 0.3) is 0 Å². The molecule has 0 bridgehead atoms. The first-order chi connectivity index (χ1) is 11.0. The minimum Gasteiger partial charge on any atom is -0.362 e. The number of thioether (sulfide) groups is 1. The fourth-order valence-corrected chi connectivity index (χ4v) is 3.20. The van der Waals surface area contributed by atoms with E-state index in [9.17, 15) is 0 Å². The molecule has 2 aromatic rings. The third-order valence-electron chi connectivity index (χ3n) is 3.33. The van der Waals surface area contributed by atoms with Crippen LogP contribution in [0.4, 0.5) is 5.69 Å². The third-order valence-corrected chi connectivity index (χ3v) is 5.08. The monoisotopic (exact) mass is 364 g/mol.